The molecule has 0 radical (unpaired) electrons. The van der Waals surface area contributed by atoms with Crippen molar-refractivity contribution in [3.05, 3.63) is 59.2 Å². The maximum atomic E-state index is 13.2. The van der Waals surface area contributed by atoms with Crippen molar-refractivity contribution in [3.8, 4) is 5.75 Å². The Morgan fingerprint density at radius 1 is 1.05 bits per heavy atom. The van der Waals surface area contributed by atoms with Crippen LogP contribution in [0.5, 0.6) is 5.75 Å². The highest BCUT2D eigenvalue weighted by Gasteiger charge is 2.09. The zero-order valence-corrected chi connectivity index (χ0v) is 11.5. The molecule has 0 unspecified atom stereocenters. The lowest BCUT2D eigenvalue weighted by Crippen LogP contribution is -2.01. The number of hydrogen-bond acceptors (Lipinski definition) is 2. The average molecular weight is 277 g/mol. The van der Waals surface area contributed by atoms with Crippen LogP contribution in [0.15, 0.2) is 36.4 Å². The zero-order chi connectivity index (χ0) is 14.7. The molecule has 4 heteroatoms. The average Bonchev–Trinajstić information content (AvgIpc) is 2.42. The number of nitrogens with one attached hydrogen (secondary N) is 1. The molecule has 0 aromatic heterocycles. The third-order valence-corrected chi connectivity index (χ3v) is 3.15. The third kappa shape index (κ3) is 3.26. The van der Waals surface area contributed by atoms with Crippen LogP contribution in [0, 0.1) is 11.6 Å². The second kappa shape index (κ2) is 5.90. The van der Waals surface area contributed by atoms with Crippen LogP contribution in [0.3, 0.4) is 0 Å². The number of hydrogen-bond donors (Lipinski definition) is 2. The number of aromatic hydroxyl groups is 1. The predicted molar refractivity (Wildman–Crippen MR) is 75.9 cm³/mol. The Kier molecular flexibility index (Phi) is 4.23. The fraction of sp³-hybridized carbons (Fsp3) is 0.250. The number of benzene rings is 2. The smallest absolute Gasteiger partial charge is 0.187 e. The molecule has 2 nitrogen and oxygen atoms in total. The van der Waals surface area contributed by atoms with Crippen molar-refractivity contribution in [1.82, 2.24) is 0 Å². The minimum absolute atomic E-state index is 0.287. The summed E-state index contributed by atoms with van der Waals surface area (Å²) >= 11 is 0. The Morgan fingerprint density at radius 3 is 2.10 bits per heavy atom. The first-order valence-electron chi connectivity index (χ1n) is 6.48. The van der Waals surface area contributed by atoms with E-state index in [9.17, 15) is 8.78 Å². The van der Waals surface area contributed by atoms with Crippen molar-refractivity contribution in [3.63, 3.8) is 0 Å². The van der Waals surface area contributed by atoms with E-state index in [0.717, 1.165) is 17.8 Å². The molecule has 0 spiro atoms. The Bertz CT molecular complexity index is 571. The first kappa shape index (κ1) is 14.3. The number of phenolic OH excluding ortho intramolecular Hbond substituents is 1. The van der Waals surface area contributed by atoms with E-state index in [1.165, 1.54) is 5.56 Å². The van der Waals surface area contributed by atoms with Gasteiger partial charge in [0.2, 0.25) is 0 Å². The van der Waals surface area contributed by atoms with Crippen LogP contribution in [-0.4, -0.2) is 5.11 Å². The summed E-state index contributed by atoms with van der Waals surface area (Å²) in [5.74, 6) is -2.37. The van der Waals surface area contributed by atoms with Crippen molar-refractivity contribution in [2.24, 2.45) is 0 Å². The molecule has 0 aliphatic carbocycles. The van der Waals surface area contributed by atoms with Gasteiger partial charge in [0.05, 0.1) is 0 Å². The molecule has 20 heavy (non-hydrogen) atoms. The molecule has 2 aromatic rings. The molecule has 0 atom stereocenters. The maximum absolute atomic E-state index is 13.2. The molecular weight excluding hydrogens is 260 g/mol. The summed E-state index contributed by atoms with van der Waals surface area (Å²) in [5, 5.41) is 12.1. The van der Waals surface area contributed by atoms with Gasteiger partial charge in [0.15, 0.2) is 17.4 Å². The summed E-state index contributed by atoms with van der Waals surface area (Å²) < 4.78 is 26.4. The molecule has 0 amide bonds. The summed E-state index contributed by atoms with van der Waals surface area (Å²) in [5.41, 5.74) is 2.55. The van der Waals surface area contributed by atoms with Gasteiger partial charge in [0.1, 0.15) is 0 Å². The SMILES string of the molecule is CC(C)c1ccc(NCc2cc(F)c(O)c(F)c2)cc1. The molecule has 0 heterocycles. The van der Waals surface area contributed by atoms with Crippen molar-refractivity contribution < 1.29 is 13.9 Å². The predicted octanol–water partition coefficient (Wildman–Crippen LogP) is 4.41. The van der Waals surface area contributed by atoms with Gasteiger partial charge in [-0.2, -0.15) is 0 Å². The second-order valence-electron chi connectivity index (χ2n) is 5.04. The van der Waals surface area contributed by atoms with E-state index < -0.39 is 17.4 Å². The molecule has 2 N–H and O–H groups in total. The lowest BCUT2D eigenvalue weighted by Gasteiger charge is -2.10. The molecule has 0 fully saturated rings. The fourth-order valence-electron chi connectivity index (χ4n) is 1.91. The van der Waals surface area contributed by atoms with Gasteiger partial charge in [0.25, 0.3) is 0 Å². The van der Waals surface area contributed by atoms with Crippen LogP contribution in [0.4, 0.5) is 14.5 Å². The summed E-state index contributed by atoms with van der Waals surface area (Å²) in [6, 6.07) is 10.1. The molecule has 0 saturated carbocycles. The van der Waals surface area contributed by atoms with Gasteiger partial charge in [-0.05, 0) is 41.3 Å². The van der Waals surface area contributed by atoms with Crippen molar-refractivity contribution in [2.45, 2.75) is 26.3 Å². The van der Waals surface area contributed by atoms with E-state index in [1.54, 1.807) is 0 Å². The van der Waals surface area contributed by atoms with E-state index in [-0.39, 0.29) is 6.54 Å². The number of rotatable bonds is 4. The highest BCUT2D eigenvalue weighted by atomic mass is 19.1. The Hall–Kier alpha value is -2.10. The van der Waals surface area contributed by atoms with Crippen LogP contribution in [0.25, 0.3) is 0 Å². The monoisotopic (exact) mass is 277 g/mol. The Balaban J connectivity index is 2.05. The molecule has 2 rings (SSSR count). The summed E-state index contributed by atoms with van der Waals surface area (Å²) in [6.45, 7) is 4.52. The highest BCUT2D eigenvalue weighted by molar-refractivity contribution is 5.46. The van der Waals surface area contributed by atoms with E-state index in [2.05, 4.69) is 19.2 Å². The molecule has 2 aromatic carbocycles. The van der Waals surface area contributed by atoms with Crippen molar-refractivity contribution >= 4 is 5.69 Å². The topological polar surface area (TPSA) is 32.3 Å². The number of phenols is 1. The fourth-order valence-corrected chi connectivity index (χ4v) is 1.91. The minimum Gasteiger partial charge on any atom is -0.503 e. The first-order chi connectivity index (χ1) is 9.47. The summed E-state index contributed by atoms with van der Waals surface area (Å²) in [6.07, 6.45) is 0. The van der Waals surface area contributed by atoms with Gasteiger partial charge >= 0.3 is 0 Å². The van der Waals surface area contributed by atoms with Gasteiger partial charge < -0.3 is 10.4 Å². The summed E-state index contributed by atoms with van der Waals surface area (Å²) in [7, 11) is 0. The molecule has 106 valence electrons. The largest absolute Gasteiger partial charge is 0.503 e. The van der Waals surface area contributed by atoms with E-state index in [4.69, 9.17) is 5.11 Å². The van der Waals surface area contributed by atoms with Crippen LogP contribution < -0.4 is 5.32 Å². The van der Waals surface area contributed by atoms with Crippen LogP contribution in [0.2, 0.25) is 0 Å². The van der Waals surface area contributed by atoms with Gasteiger partial charge in [-0.3, -0.25) is 0 Å². The quantitative estimate of drug-likeness (QED) is 0.867. The highest BCUT2D eigenvalue weighted by Crippen LogP contribution is 2.22. The van der Waals surface area contributed by atoms with E-state index in [1.807, 2.05) is 24.3 Å². The standard InChI is InChI=1S/C16H17F2NO/c1-10(2)12-3-5-13(6-4-12)19-9-11-7-14(17)16(20)15(18)8-11/h3-8,10,19-20H,9H2,1-2H3. The second-order valence-corrected chi connectivity index (χ2v) is 5.04. The maximum Gasteiger partial charge on any atom is 0.187 e. The van der Waals surface area contributed by atoms with Gasteiger partial charge in [-0.1, -0.05) is 26.0 Å². The van der Waals surface area contributed by atoms with Gasteiger partial charge in [-0.25, -0.2) is 8.78 Å². The Labute approximate surface area is 117 Å². The van der Waals surface area contributed by atoms with Crippen LogP contribution in [0.1, 0.15) is 30.9 Å². The van der Waals surface area contributed by atoms with Crippen molar-refractivity contribution in [1.29, 1.82) is 0 Å². The molecule has 0 saturated heterocycles. The lowest BCUT2D eigenvalue weighted by molar-refractivity contribution is 0.395. The van der Waals surface area contributed by atoms with Crippen LogP contribution in [-0.2, 0) is 6.54 Å². The number of anilines is 1. The van der Waals surface area contributed by atoms with Crippen LogP contribution >= 0.6 is 0 Å². The van der Waals surface area contributed by atoms with E-state index in [0.29, 0.717) is 11.5 Å². The van der Waals surface area contributed by atoms with Crippen molar-refractivity contribution in [2.75, 3.05) is 5.32 Å². The normalized spacial score (nSPS) is 10.8. The lowest BCUT2D eigenvalue weighted by atomic mass is 10.0. The van der Waals surface area contributed by atoms with Gasteiger partial charge in [0, 0.05) is 12.2 Å². The molecule has 0 aliphatic heterocycles. The first-order valence-corrected chi connectivity index (χ1v) is 6.48. The van der Waals surface area contributed by atoms with Gasteiger partial charge in [-0.15, -0.1) is 0 Å². The third-order valence-electron chi connectivity index (χ3n) is 3.15. The Morgan fingerprint density at radius 2 is 1.60 bits per heavy atom. The minimum atomic E-state index is -0.947. The zero-order valence-electron chi connectivity index (χ0n) is 11.5. The molecular formula is C16H17F2NO. The summed E-state index contributed by atoms with van der Waals surface area (Å²) in [4.78, 5) is 0. The molecule has 0 bridgehead atoms. The molecule has 0 aliphatic rings. The van der Waals surface area contributed by atoms with E-state index >= 15 is 0 Å². The number of halogens is 2.